The third kappa shape index (κ3) is 3.98. The fourth-order valence-electron chi connectivity index (χ4n) is 3.21. The monoisotopic (exact) mass is 357 g/mol. The first-order valence-corrected chi connectivity index (χ1v) is 9.19. The Morgan fingerprint density at radius 3 is 3.00 bits per heavy atom. The van der Waals surface area contributed by atoms with E-state index < -0.39 is 0 Å². The van der Waals surface area contributed by atoms with Crippen LogP contribution < -0.4 is 20.7 Å². The van der Waals surface area contributed by atoms with Crippen molar-refractivity contribution in [2.75, 3.05) is 35.6 Å². The predicted octanol–water partition coefficient (Wildman–Crippen LogP) is 2.76. The molecule has 0 spiro atoms. The molecule has 140 valence electrons. The average Bonchev–Trinajstić information content (AvgIpc) is 2.59. The Morgan fingerprint density at radius 1 is 1.42 bits per heavy atom. The number of nitrogens with two attached hydrogens (primary N) is 1. The maximum atomic E-state index is 12.1. The molecule has 3 rings (SSSR count). The number of nitrogens with zero attached hydrogens (tertiary/aromatic N) is 3. The molecule has 0 aromatic carbocycles. The summed E-state index contributed by atoms with van der Waals surface area (Å²) in [5.41, 5.74) is 7.77. The molecule has 1 aliphatic carbocycles. The molecule has 7 heteroatoms. The molecule has 1 aromatic heterocycles. The van der Waals surface area contributed by atoms with Crippen molar-refractivity contribution >= 4 is 23.2 Å². The van der Waals surface area contributed by atoms with Crippen LogP contribution >= 0.6 is 0 Å². The zero-order valence-electron chi connectivity index (χ0n) is 15.7. The molecule has 0 radical (unpaired) electrons. The number of hydrogen-bond acceptors (Lipinski definition) is 6. The summed E-state index contributed by atoms with van der Waals surface area (Å²) in [4.78, 5) is 22.8. The summed E-state index contributed by atoms with van der Waals surface area (Å²) in [5, 5.41) is 2.79. The number of allylic oxidation sites excluding steroid dienone is 3. The highest BCUT2D eigenvalue weighted by atomic mass is 16.5. The van der Waals surface area contributed by atoms with Gasteiger partial charge in [-0.25, -0.2) is 0 Å². The van der Waals surface area contributed by atoms with Gasteiger partial charge in [0, 0.05) is 12.5 Å². The number of unbranched alkanes of at least 4 members (excludes halogenated alkanes) is 1. The van der Waals surface area contributed by atoms with Gasteiger partial charge in [-0.1, -0.05) is 44.1 Å². The van der Waals surface area contributed by atoms with Crippen molar-refractivity contribution in [2.45, 2.75) is 33.6 Å². The van der Waals surface area contributed by atoms with Crippen LogP contribution in [0.1, 0.15) is 33.6 Å². The molecule has 26 heavy (non-hydrogen) atoms. The molecule has 2 unspecified atom stereocenters. The number of carbonyl (C=O) groups excluding carboxylic acids is 1. The third-order valence-corrected chi connectivity index (χ3v) is 4.77. The van der Waals surface area contributed by atoms with Crippen LogP contribution in [0.2, 0.25) is 0 Å². The number of hydrogen-bond donors (Lipinski definition) is 2. The Kier molecular flexibility index (Phi) is 5.44. The molecule has 0 saturated carbocycles. The molecular weight excluding hydrogens is 330 g/mol. The lowest BCUT2D eigenvalue weighted by Gasteiger charge is -2.34. The van der Waals surface area contributed by atoms with Crippen LogP contribution in [0.25, 0.3) is 0 Å². The van der Waals surface area contributed by atoms with E-state index in [0.29, 0.717) is 36.5 Å². The zero-order chi connectivity index (χ0) is 18.7. The number of nitrogen functional groups attached to an aromatic ring is 1. The number of aromatic nitrogens is 2. The smallest absolute Gasteiger partial charge is 0.320 e. The van der Waals surface area contributed by atoms with Crippen molar-refractivity contribution in [1.29, 1.82) is 0 Å². The van der Waals surface area contributed by atoms with E-state index in [9.17, 15) is 4.79 Å². The number of anilines is 3. The van der Waals surface area contributed by atoms with Gasteiger partial charge in [-0.05, 0) is 19.3 Å². The molecule has 0 bridgehead atoms. The number of carbonyl (C=O) groups is 1. The molecular formula is C19H27N5O2. The Bertz CT molecular complexity index is 744. The molecule has 1 amide bonds. The van der Waals surface area contributed by atoms with Crippen LogP contribution in [0.15, 0.2) is 23.8 Å². The minimum atomic E-state index is -0.104. The first kappa shape index (κ1) is 18.2. The summed E-state index contributed by atoms with van der Waals surface area (Å²) >= 11 is 0. The molecule has 7 nitrogen and oxygen atoms in total. The van der Waals surface area contributed by atoms with Gasteiger partial charge in [0.2, 0.25) is 5.91 Å². The van der Waals surface area contributed by atoms with Gasteiger partial charge in [0.15, 0.2) is 11.6 Å². The van der Waals surface area contributed by atoms with Crippen LogP contribution in [0.5, 0.6) is 6.01 Å². The Hall–Kier alpha value is -2.57. The van der Waals surface area contributed by atoms with Gasteiger partial charge in [-0.3, -0.25) is 4.79 Å². The topological polar surface area (TPSA) is 93.4 Å². The number of nitrogens with one attached hydrogen (secondary N) is 1. The van der Waals surface area contributed by atoms with Crippen LogP contribution in [-0.2, 0) is 4.79 Å². The fourth-order valence-corrected chi connectivity index (χ4v) is 3.21. The van der Waals surface area contributed by atoms with E-state index in [4.69, 9.17) is 10.5 Å². The maximum absolute atomic E-state index is 12.1. The van der Waals surface area contributed by atoms with Crippen molar-refractivity contribution in [3.8, 4) is 6.01 Å². The van der Waals surface area contributed by atoms with E-state index in [0.717, 1.165) is 12.8 Å². The van der Waals surface area contributed by atoms with Crippen LogP contribution in [0, 0.1) is 11.8 Å². The summed E-state index contributed by atoms with van der Waals surface area (Å²) in [6, 6.07) is 0.263. The molecule has 1 aromatic rings. The molecule has 2 atom stereocenters. The summed E-state index contributed by atoms with van der Waals surface area (Å²) in [6.07, 6.45) is 8.55. The first-order valence-electron chi connectivity index (χ1n) is 9.19. The number of rotatable bonds is 6. The lowest BCUT2D eigenvalue weighted by Crippen LogP contribution is -2.42. The van der Waals surface area contributed by atoms with Gasteiger partial charge in [0.1, 0.15) is 5.69 Å². The van der Waals surface area contributed by atoms with E-state index in [1.54, 1.807) is 0 Å². The summed E-state index contributed by atoms with van der Waals surface area (Å²) < 4.78 is 5.63. The second-order valence-electron chi connectivity index (χ2n) is 7.01. The number of fused-ring (bicyclic) bond motifs is 1. The molecule has 3 N–H and O–H groups in total. The highest BCUT2D eigenvalue weighted by Gasteiger charge is 2.30. The van der Waals surface area contributed by atoms with Crippen molar-refractivity contribution in [3.05, 3.63) is 23.8 Å². The quantitative estimate of drug-likeness (QED) is 0.761. The Morgan fingerprint density at radius 2 is 2.23 bits per heavy atom. The highest BCUT2D eigenvalue weighted by molar-refractivity contribution is 6.03. The molecule has 0 fully saturated rings. The molecule has 1 aliphatic heterocycles. The number of ether oxygens (including phenoxy) is 1. The molecule has 2 heterocycles. The Labute approximate surface area is 154 Å². The predicted molar refractivity (Wildman–Crippen MR) is 103 cm³/mol. The maximum Gasteiger partial charge on any atom is 0.320 e. The van der Waals surface area contributed by atoms with Gasteiger partial charge in [-0.2, -0.15) is 9.97 Å². The average molecular weight is 357 g/mol. The lowest BCUT2D eigenvalue weighted by atomic mass is 9.87. The van der Waals surface area contributed by atoms with E-state index >= 15 is 0 Å². The van der Waals surface area contributed by atoms with E-state index in [-0.39, 0.29) is 24.3 Å². The second-order valence-corrected chi connectivity index (χ2v) is 7.01. The summed E-state index contributed by atoms with van der Waals surface area (Å²) in [7, 11) is 0. The second kappa shape index (κ2) is 7.76. The summed E-state index contributed by atoms with van der Waals surface area (Å²) in [6.45, 7) is 7.85. The van der Waals surface area contributed by atoms with Crippen molar-refractivity contribution in [3.63, 3.8) is 0 Å². The fraction of sp³-hybridized carbons (Fsp3) is 0.526. The SMILES string of the molecule is CCCCOc1nc(N)c2c(n1)N(CC1C=C(C)C=CC1C)CC(=O)N2. The van der Waals surface area contributed by atoms with Gasteiger partial charge in [-0.15, -0.1) is 0 Å². The van der Waals surface area contributed by atoms with E-state index in [1.165, 1.54) is 5.57 Å². The van der Waals surface area contributed by atoms with Gasteiger partial charge < -0.3 is 20.7 Å². The molecule has 0 saturated heterocycles. The number of amides is 1. The first-order chi connectivity index (χ1) is 12.5. The minimum Gasteiger partial charge on any atom is -0.463 e. The lowest BCUT2D eigenvalue weighted by molar-refractivity contribution is -0.115. The van der Waals surface area contributed by atoms with Crippen LogP contribution in [0.3, 0.4) is 0 Å². The van der Waals surface area contributed by atoms with Crippen molar-refractivity contribution in [1.82, 2.24) is 9.97 Å². The zero-order valence-corrected chi connectivity index (χ0v) is 15.7. The van der Waals surface area contributed by atoms with Crippen LogP contribution in [0.4, 0.5) is 17.3 Å². The molecule has 2 aliphatic rings. The van der Waals surface area contributed by atoms with Crippen molar-refractivity contribution < 1.29 is 9.53 Å². The normalized spacial score (nSPS) is 21.9. The van der Waals surface area contributed by atoms with Gasteiger partial charge >= 0.3 is 6.01 Å². The van der Waals surface area contributed by atoms with Gasteiger partial charge in [0.25, 0.3) is 0 Å². The standard InChI is InChI=1S/C19H27N5O2/c1-4-5-8-26-19-22-17(20)16-18(23-19)24(11-15(25)21-16)10-14-9-12(2)6-7-13(14)3/h6-7,9,13-14H,4-5,8,10-11H2,1-3H3,(H,21,25)(H2,20,22,23). The minimum absolute atomic E-state index is 0.104. The van der Waals surface area contributed by atoms with Gasteiger partial charge in [0.05, 0.1) is 13.2 Å². The third-order valence-electron chi connectivity index (χ3n) is 4.77. The summed E-state index contributed by atoms with van der Waals surface area (Å²) in [5.74, 6) is 1.47. The van der Waals surface area contributed by atoms with E-state index in [1.807, 2.05) is 4.90 Å². The van der Waals surface area contributed by atoms with Crippen LogP contribution in [-0.4, -0.2) is 35.6 Å². The Balaban J connectivity index is 1.86. The largest absolute Gasteiger partial charge is 0.463 e. The highest BCUT2D eigenvalue weighted by Crippen LogP contribution is 2.35. The van der Waals surface area contributed by atoms with E-state index in [2.05, 4.69) is 54.3 Å². The van der Waals surface area contributed by atoms with Crippen molar-refractivity contribution in [2.24, 2.45) is 11.8 Å².